The van der Waals surface area contributed by atoms with Crippen molar-refractivity contribution in [2.45, 2.75) is 18.8 Å². The van der Waals surface area contributed by atoms with Crippen molar-refractivity contribution < 1.29 is 46.3 Å². The standard InChI is InChI=1S/C25H40N3O10P3S/c1-27(26-17-21-10-12-22(32-2)13-11-21)39(42)38-23-14-8-20(9-15-23)16-24(25(29)33-3)28(18-40(30,34-4)35-5)19-41(31,36-6)37-7/h8-15,17,24-25,29,39H,16,18-19H2,1-7H3/b26-17+. The number of aliphatic hydroxyl groups is 1. The predicted molar refractivity (Wildman–Crippen MR) is 166 cm³/mol. The van der Waals surface area contributed by atoms with Gasteiger partial charge in [-0.25, -0.2) is 4.78 Å². The van der Waals surface area contributed by atoms with Crippen molar-refractivity contribution in [3.63, 3.8) is 0 Å². The molecule has 13 nitrogen and oxygen atoms in total. The second-order valence-corrected chi connectivity index (χ2v) is 15.7. The summed E-state index contributed by atoms with van der Waals surface area (Å²) in [6.45, 7) is 0. The van der Waals surface area contributed by atoms with E-state index in [4.69, 9.17) is 43.9 Å². The maximum Gasteiger partial charge on any atom is 0.344 e. The maximum atomic E-state index is 13.0. The number of hydrogen-bond acceptors (Lipinski definition) is 13. The number of hydrogen-bond donors (Lipinski definition) is 1. The summed E-state index contributed by atoms with van der Waals surface area (Å²) in [7, 11) is 0.461. The number of benzene rings is 2. The van der Waals surface area contributed by atoms with Crippen LogP contribution < -0.4 is 9.26 Å². The smallest absolute Gasteiger partial charge is 0.344 e. The Balaban J connectivity index is 2.19. The molecule has 0 amide bonds. The molecule has 0 heterocycles. The Hall–Kier alpha value is -1.66. The lowest BCUT2D eigenvalue weighted by atomic mass is 10.0. The fourth-order valence-corrected chi connectivity index (χ4v) is 7.12. The topological polar surface area (TPSA) is 138 Å². The molecule has 1 N–H and O–H groups in total. The van der Waals surface area contributed by atoms with Crippen molar-refractivity contribution in [2.24, 2.45) is 5.10 Å². The second kappa shape index (κ2) is 17.6. The molecule has 2 rings (SSSR count). The minimum Gasteiger partial charge on any atom is -0.497 e. The maximum absolute atomic E-state index is 13.0. The lowest BCUT2D eigenvalue weighted by Crippen LogP contribution is -2.47. The quantitative estimate of drug-likeness (QED) is 0.0967. The molecule has 17 heteroatoms. The first-order valence-electron chi connectivity index (χ1n) is 12.5. The number of methoxy groups -OCH3 is 2. The average Bonchev–Trinajstić information content (AvgIpc) is 3.02. The van der Waals surface area contributed by atoms with E-state index in [1.54, 1.807) is 49.4 Å². The zero-order valence-electron chi connectivity index (χ0n) is 24.7. The van der Waals surface area contributed by atoms with Gasteiger partial charge < -0.3 is 37.2 Å². The third-order valence-electron chi connectivity index (χ3n) is 6.20. The molecule has 0 spiro atoms. The molecule has 0 aromatic heterocycles. The average molecular weight is 668 g/mol. The third-order valence-corrected chi connectivity index (χ3v) is 11.9. The Morgan fingerprint density at radius 1 is 0.881 bits per heavy atom. The molecule has 2 aromatic rings. The Labute approximate surface area is 253 Å². The van der Waals surface area contributed by atoms with Gasteiger partial charge in [0, 0.05) is 42.6 Å². The monoisotopic (exact) mass is 667 g/mol. The van der Waals surface area contributed by atoms with Gasteiger partial charge in [-0.3, -0.25) is 14.0 Å². The lowest BCUT2D eigenvalue weighted by Gasteiger charge is -2.36. The number of nitrogens with zero attached hydrogens (tertiary/aromatic N) is 3. The summed E-state index contributed by atoms with van der Waals surface area (Å²) in [5.74, 6) is 1.30. The van der Waals surface area contributed by atoms with E-state index in [0.29, 0.717) is 5.75 Å². The van der Waals surface area contributed by atoms with Crippen LogP contribution in [-0.4, -0.2) is 95.6 Å². The van der Waals surface area contributed by atoms with E-state index < -0.39 is 34.6 Å². The molecule has 0 saturated heterocycles. The van der Waals surface area contributed by atoms with E-state index >= 15 is 0 Å². The normalized spacial score (nSPS) is 14.6. The summed E-state index contributed by atoms with van der Waals surface area (Å²) >= 11 is 5.55. The van der Waals surface area contributed by atoms with Gasteiger partial charge in [0.2, 0.25) is 7.07 Å². The molecule has 0 aliphatic heterocycles. The largest absolute Gasteiger partial charge is 0.497 e. The zero-order chi connectivity index (χ0) is 31.3. The molecule has 0 fully saturated rings. The first kappa shape index (κ1) is 36.5. The van der Waals surface area contributed by atoms with E-state index in [1.807, 2.05) is 24.3 Å². The molecule has 3 unspecified atom stereocenters. The SMILES string of the molecule is COc1ccc(/C=N/N(C)[PH](=S)Oc2ccc(CC(C(O)OC)N(CP(=O)(OC)OC)CP(=O)(OC)OC)cc2)cc1. The molecule has 0 radical (unpaired) electrons. The Bertz CT molecular complexity index is 1210. The van der Waals surface area contributed by atoms with Crippen LogP contribution in [0.4, 0.5) is 0 Å². The van der Waals surface area contributed by atoms with Crippen molar-refractivity contribution in [3.05, 3.63) is 59.7 Å². The summed E-state index contributed by atoms with van der Waals surface area (Å²) in [6.07, 6.45) is -0.0887. The molecular formula is C25H40N3O10P3S. The highest BCUT2D eigenvalue weighted by molar-refractivity contribution is 8.02. The number of rotatable bonds is 19. The summed E-state index contributed by atoms with van der Waals surface area (Å²) in [5.41, 5.74) is 1.66. The van der Waals surface area contributed by atoms with Crippen LogP contribution in [0.25, 0.3) is 0 Å². The van der Waals surface area contributed by atoms with E-state index in [2.05, 4.69) is 5.10 Å². The molecule has 3 atom stereocenters. The third kappa shape index (κ3) is 11.1. The highest BCUT2D eigenvalue weighted by atomic mass is 32.4. The van der Waals surface area contributed by atoms with Crippen molar-refractivity contribution in [1.82, 2.24) is 9.68 Å². The Morgan fingerprint density at radius 3 is 1.83 bits per heavy atom. The van der Waals surface area contributed by atoms with Crippen LogP contribution in [0.3, 0.4) is 0 Å². The van der Waals surface area contributed by atoms with Gasteiger partial charge in [0.15, 0.2) is 6.29 Å². The van der Waals surface area contributed by atoms with Gasteiger partial charge in [-0.05, 0) is 65.8 Å². The Morgan fingerprint density at radius 2 is 1.38 bits per heavy atom. The molecule has 0 aliphatic rings. The van der Waals surface area contributed by atoms with E-state index in [9.17, 15) is 14.2 Å². The first-order valence-corrected chi connectivity index (χ1v) is 18.5. The van der Waals surface area contributed by atoms with Gasteiger partial charge in [-0.2, -0.15) is 5.10 Å². The van der Waals surface area contributed by atoms with Gasteiger partial charge in [-0.1, -0.05) is 12.1 Å². The van der Waals surface area contributed by atoms with Crippen LogP contribution in [-0.2, 0) is 50.2 Å². The lowest BCUT2D eigenvalue weighted by molar-refractivity contribution is -0.121. The van der Waals surface area contributed by atoms with Gasteiger partial charge in [0.1, 0.15) is 24.1 Å². The zero-order valence-corrected chi connectivity index (χ0v) is 28.3. The van der Waals surface area contributed by atoms with Crippen molar-refractivity contribution in [1.29, 1.82) is 0 Å². The van der Waals surface area contributed by atoms with Crippen LogP contribution >= 0.6 is 22.3 Å². The fourth-order valence-electron chi connectivity index (χ4n) is 3.64. The molecule has 236 valence electrons. The minimum atomic E-state index is -3.64. The molecule has 2 aromatic carbocycles. The van der Waals surface area contributed by atoms with Gasteiger partial charge >= 0.3 is 15.2 Å². The van der Waals surface area contributed by atoms with E-state index in [0.717, 1.165) is 16.9 Å². The van der Waals surface area contributed by atoms with Crippen LogP contribution in [0, 0.1) is 0 Å². The van der Waals surface area contributed by atoms with Crippen molar-refractivity contribution in [3.8, 4) is 11.5 Å². The molecule has 0 bridgehead atoms. The van der Waals surface area contributed by atoms with Crippen LogP contribution in [0.2, 0.25) is 0 Å². The number of hydrazone groups is 1. The van der Waals surface area contributed by atoms with Crippen LogP contribution in [0.15, 0.2) is 53.6 Å². The second-order valence-electron chi connectivity index (χ2n) is 8.77. The van der Waals surface area contributed by atoms with E-state index in [-0.39, 0.29) is 19.0 Å². The van der Waals surface area contributed by atoms with E-state index in [1.165, 1.54) is 40.4 Å². The molecule has 42 heavy (non-hydrogen) atoms. The van der Waals surface area contributed by atoms with Gasteiger partial charge in [-0.15, -0.1) is 0 Å². The first-order chi connectivity index (χ1) is 19.9. The van der Waals surface area contributed by atoms with Crippen LogP contribution in [0.5, 0.6) is 11.5 Å². The Kier molecular flexibility index (Phi) is 15.3. The van der Waals surface area contributed by atoms with Crippen molar-refractivity contribution >= 4 is 40.3 Å². The summed E-state index contributed by atoms with van der Waals surface area (Å²) < 4.78 is 64.3. The number of ether oxygens (including phenoxy) is 2. The molecular weight excluding hydrogens is 627 g/mol. The molecule has 0 aliphatic carbocycles. The summed E-state index contributed by atoms with van der Waals surface area (Å²) in [5, 5.41) is 15.1. The summed E-state index contributed by atoms with van der Waals surface area (Å²) in [6, 6.07) is 13.7. The molecule has 0 saturated carbocycles. The highest BCUT2D eigenvalue weighted by Gasteiger charge is 2.38. The minimum absolute atomic E-state index is 0.202. The van der Waals surface area contributed by atoms with Gasteiger partial charge in [0.25, 0.3) is 0 Å². The summed E-state index contributed by atoms with van der Waals surface area (Å²) in [4.78, 5) is 1.46. The fraction of sp³-hybridized carbons (Fsp3) is 0.480. The number of aliphatic hydroxyl groups excluding tert-OH is 1. The van der Waals surface area contributed by atoms with Gasteiger partial charge in [0.05, 0.1) is 19.4 Å². The highest BCUT2D eigenvalue weighted by Crippen LogP contribution is 2.52. The van der Waals surface area contributed by atoms with Crippen LogP contribution in [0.1, 0.15) is 11.1 Å². The van der Waals surface area contributed by atoms with Crippen molar-refractivity contribution in [2.75, 3.05) is 62.3 Å². The predicted octanol–water partition coefficient (Wildman–Crippen LogP) is 4.61.